The number of rotatable bonds is 6. The van der Waals surface area contributed by atoms with Gasteiger partial charge >= 0.3 is 0 Å². The number of hydrogen-bond acceptors (Lipinski definition) is 7. The maximum Gasteiger partial charge on any atom is 0.264 e. The molecule has 0 bridgehead atoms. The largest absolute Gasteiger partial charge is 0.380 e. The number of amides is 5. The van der Waals surface area contributed by atoms with Gasteiger partial charge in [0.15, 0.2) is 0 Å². The molecule has 2 saturated heterocycles. The van der Waals surface area contributed by atoms with Crippen LogP contribution in [0.4, 0.5) is 5.69 Å². The Kier molecular flexibility index (Phi) is 6.79. The lowest BCUT2D eigenvalue weighted by molar-refractivity contribution is -0.144. The highest BCUT2D eigenvalue weighted by atomic mass is 16.2. The van der Waals surface area contributed by atoms with Gasteiger partial charge in [-0.25, -0.2) is 0 Å². The topological polar surface area (TPSA) is 134 Å². The minimum atomic E-state index is -1.01. The normalized spacial score (nSPS) is 23.3. The molecule has 2 saturated carbocycles. The van der Waals surface area contributed by atoms with E-state index in [1.165, 1.54) is 12.8 Å². The highest BCUT2D eigenvalue weighted by Gasteiger charge is 2.47. The van der Waals surface area contributed by atoms with Gasteiger partial charge in [-0.05, 0) is 63.5 Å². The van der Waals surface area contributed by atoms with Crippen molar-refractivity contribution in [3.05, 3.63) is 47.3 Å². The van der Waals surface area contributed by atoms with Gasteiger partial charge < -0.3 is 10.2 Å². The summed E-state index contributed by atoms with van der Waals surface area (Å²) in [6.45, 7) is 1.77. The van der Waals surface area contributed by atoms with Crippen LogP contribution in [0.2, 0.25) is 0 Å². The van der Waals surface area contributed by atoms with E-state index >= 15 is 0 Å². The predicted octanol–water partition coefficient (Wildman–Crippen LogP) is 2.64. The van der Waals surface area contributed by atoms with Gasteiger partial charge in [0.1, 0.15) is 11.5 Å². The van der Waals surface area contributed by atoms with Crippen LogP contribution in [0.15, 0.2) is 30.6 Å². The summed E-state index contributed by atoms with van der Waals surface area (Å²) >= 11 is 0. The van der Waals surface area contributed by atoms with E-state index in [2.05, 4.69) is 27.6 Å². The van der Waals surface area contributed by atoms with Gasteiger partial charge in [-0.1, -0.05) is 17.9 Å². The highest BCUT2D eigenvalue weighted by Crippen LogP contribution is 2.43. The van der Waals surface area contributed by atoms with Crippen molar-refractivity contribution >= 4 is 35.2 Å². The number of carbonyl (C=O) groups excluding carboxylic acids is 5. The molecular formula is C32H34N6O5. The van der Waals surface area contributed by atoms with E-state index < -0.39 is 35.1 Å². The van der Waals surface area contributed by atoms with Crippen LogP contribution < -0.4 is 10.6 Å². The monoisotopic (exact) mass is 582 g/mol. The predicted molar refractivity (Wildman–Crippen MR) is 154 cm³/mol. The minimum Gasteiger partial charge on any atom is -0.380 e. The second-order valence-corrected chi connectivity index (χ2v) is 12.4. The lowest BCUT2D eigenvalue weighted by Crippen LogP contribution is -2.54. The molecule has 4 fully saturated rings. The molecule has 5 amide bonds. The van der Waals surface area contributed by atoms with Crippen molar-refractivity contribution in [1.29, 1.82) is 0 Å². The third-order valence-electron chi connectivity index (χ3n) is 9.44. The van der Waals surface area contributed by atoms with E-state index in [0.29, 0.717) is 31.2 Å². The van der Waals surface area contributed by atoms with Crippen LogP contribution in [0, 0.1) is 23.2 Å². The van der Waals surface area contributed by atoms with Gasteiger partial charge in [0.25, 0.3) is 11.8 Å². The van der Waals surface area contributed by atoms with Crippen molar-refractivity contribution in [2.75, 3.05) is 18.4 Å². The molecule has 1 atom stereocenters. The van der Waals surface area contributed by atoms with Crippen LogP contribution in [-0.2, 0) is 20.9 Å². The number of imide groups is 2. The SMILES string of the molecule is O=C1CCC(N2C(=O)c3cccc(NCc4cnn(C5CCN(C(=O)C6(C#CC7CC7)CCC6)CC5)c4)c3C2=O)C(=O)N1. The Labute approximate surface area is 249 Å². The molecule has 2 aromatic rings. The van der Waals surface area contributed by atoms with Crippen LogP contribution >= 0.6 is 0 Å². The molecule has 1 aromatic heterocycles. The number of nitrogens with one attached hydrogen (secondary N) is 2. The first-order chi connectivity index (χ1) is 20.8. The van der Waals surface area contributed by atoms with Crippen LogP contribution in [0.25, 0.3) is 0 Å². The zero-order valence-corrected chi connectivity index (χ0v) is 23.9. The van der Waals surface area contributed by atoms with Gasteiger partial charge in [-0.15, -0.1) is 0 Å². The molecule has 2 aliphatic carbocycles. The number of likely N-dealkylation sites (tertiary alicyclic amines) is 1. The Morgan fingerprint density at radius 3 is 2.53 bits per heavy atom. The standard InChI is InChI=1S/C32H34N6O5/c39-26-8-7-25(28(40)35-26)38-29(41)23-3-1-4-24(27(23)30(38)42)33-17-21-18-34-37(19-21)22-10-15-36(16-11-22)31(43)32(12-2-13-32)14-9-20-5-6-20/h1,3-4,18-20,22,25,33H,2,5-8,10-13,15-17H2,(H,35,39,40). The number of anilines is 1. The van der Waals surface area contributed by atoms with Crippen LogP contribution in [-0.4, -0.2) is 68.2 Å². The average Bonchev–Trinajstić information content (AvgIpc) is 3.63. The summed E-state index contributed by atoms with van der Waals surface area (Å²) < 4.78 is 1.96. The maximum absolute atomic E-state index is 13.4. The fraction of sp³-hybridized carbons (Fsp3) is 0.500. The zero-order valence-electron chi connectivity index (χ0n) is 23.9. The van der Waals surface area contributed by atoms with E-state index in [1.807, 2.05) is 15.8 Å². The van der Waals surface area contributed by atoms with E-state index in [-0.39, 0.29) is 35.9 Å². The lowest BCUT2D eigenvalue weighted by atomic mass is 9.68. The minimum absolute atomic E-state index is 0.0735. The second kappa shape index (κ2) is 10.7. The van der Waals surface area contributed by atoms with Crippen molar-refractivity contribution in [2.45, 2.75) is 76.4 Å². The van der Waals surface area contributed by atoms with Gasteiger partial charge in [0.2, 0.25) is 17.7 Å². The lowest BCUT2D eigenvalue weighted by Gasteiger charge is -2.42. The van der Waals surface area contributed by atoms with Gasteiger partial charge in [-0.2, -0.15) is 5.10 Å². The maximum atomic E-state index is 13.4. The summed E-state index contributed by atoms with van der Waals surface area (Å²) in [7, 11) is 0. The molecule has 4 heterocycles. The van der Waals surface area contributed by atoms with Crippen molar-refractivity contribution in [3.63, 3.8) is 0 Å². The first kappa shape index (κ1) is 27.4. The number of nitrogens with zero attached hydrogens (tertiary/aromatic N) is 4. The van der Waals surface area contributed by atoms with Crippen molar-refractivity contribution in [3.8, 4) is 11.8 Å². The Morgan fingerprint density at radius 1 is 1.05 bits per heavy atom. The molecule has 3 aliphatic heterocycles. The molecule has 7 rings (SSSR count). The van der Waals surface area contributed by atoms with Gasteiger partial charge in [-0.3, -0.25) is 38.9 Å². The van der Waals surface area contributed by atoms with Gasteiger partial charge in [0, 0.05) is 49.4 Å². The summed E-state index contributed by atoms with van der Waals surface area (Å²) in [6, 6.07) is 4.19. The number of fused-ring (bicyclic) bond motifs is 1. The van der Waals surface area contributed by atoms with E-state index in [4.69, 9.17) is 0 Å². The molecule has 43 heavy (non-hydrogen) atoms. The average molecular weight is 583 g/mol. The molecule has 1 aromatic carbocycles. The highest BCUT2D eigenvalue weighted by molar-refractivity contribution is 6.25. The first-order valence-corrected chi connectivity index (χ1v) is 15.3. The number of aromatic nitrogens is 2. The molecule has 1 unspecified atom stereocenters. The molecule has 222 valence electrons. The van der Waals surface area contributed by atoms with E-state index in [0.717, 1.165) is 42.6 Å². The van der Waals surface area contributed by atoms with E-state index in [9.17, 15) is 24.0 Å². The summed E-state index contributed by atoms with van der Waals surface area (Å²) in [4.78, 5) is 66.8. The third kappa shape index (κ3) is 4.98. The molecule has 11 heteroatoms. The molecule has 5 aliphatic rings. The quantitative estimate of drug-likeness (QED) is 0.395. The molecule has 0 spiro atoms. The number of carbonyl (C=O) groups is 5. The van der Waals surface area contributed by atoms with E-state index in [1.54, 1.807) is 24.4 Å². The Morgan fingerprint density at radius 2 is 1.84 bits per heavy atom. The summed E-state index contributed by atoms with van der Waals surface area (Å²) in [6.07, 6.45) is 10.8. The van der Waals surface area contributed by atoms with Crippen molar-refractivity contribution < 1.29 is 24.0 Å². The first-order valence-electron chi connectivity index (χ1n) is 15.3. The van der Waals surface area contributed by atoms with Crippen LogP contribution in [0.1, 0.15) is 90.1 Å². The molecule has 2 N–H and O–H groups in total. The molecular weight excluding hydrogens is 548 g/mol. The summed E-state index contributed by atoms with van der Waals surface area (Å²) in [5.41, 5.74) is 1.42. The van der Waals surface area contributed by atoms with Crippen LogP contribution in [0.5, 0.6) is 0 Å². The Balaban J connectivity index is 0.971. The van der Waals surface area contributed by atoms with Gasteiger partial charge in [0.05, 0.1) is 23.4 Å². The Hall–Kier alpha value is -4.46. The number of benzene rings is 1. The second-order valence-electron chi connectivity index (χ2n) is 12.4. The summed E-state index contributed by atoms with van der Waals surface area (Å²) in [5, 5.41) is 10.1. The molecule has 11 nitrogen and oxygen atoms in total. The third-order valence-corrected chi connectivity index (χ3v) is 9.44. The number of piperidine rings is 2. The smallest absolute Gasteiger partial charge is 0.264 e. The zero-order chi connectivity index (χ0) is 29.7. The van der Waals surface area contributed by atoms with Crippen molar-refractivity contribution in [1.82, 2.24) is 24.9 Å². The molecule has 0 radical (unpaired) electrons. The fourth-order valence-electron chi connectivity index (χ4n) is 6.55. The van der Waals surface area contributed by atoms with Crippen molar-refractivity contribution in [2.24, 2.45) is 11.3 Å². The van der Waals surface area contributed by atoms with Crippen LogP contribution in [0.3, 0.4) is 0 Å². The summed E-state index contributed by atoms with van der Waals surface area (Å²) in [5.74, 6) is 5.29. The number of hydrogen-bond donors (Lipinski definition) is 2. The Bertz CT molecular complexity index is 1580. The fourth-order valence-corrected chi connectivity index (χ4v) is 6.55.